The van der Waals surface area contributed by atoms with Gasteiger partial charge in [0.2, 0.25) is 0 Å². The second-order valence-electron chi connectivity index (χ2n) is 8.91. The van der Waals surface area contributed by atoms with Crippen LogP contribution in [0.2, 0.25) is 0 Å². The highest BCUT2D eigenvalue weighted by Crippen LogP contribution is 2.36. The molecule has 1 fully saturated rings. The van der Waals surface area contributed by atoms with Crippen molar-refractivity contribution < 1.29 is 8.42 Å². The van der Waals surface area contributed by atoms with Crippen LogP contribution in [-0.2, 0) is 17.1 Å². The van der Waals surface area contributed by atoms with Crippen LogP contribution in [0, 0.1) is 6.92 Å². The summed E-state index contributed by atoms with van der Waals surface area (Å²) < 4.78 is 30.5. The largest absolute Gasteiger partial charge is 0.352 e. The fraction of sp³-hybridized carbons (Fsp3) is 0.409. The van der Waals surface area contributed by atoms with Crippen molar-refractivity contribution in [1.82, 2.24) is 28.7 Å². The fourth-order valence-electron chi connectivity index (χ4n) is 4.41. The summed E-state index contributed by atoms with van der Waals surface area (Å²) in [5, 5.41) is 13.0. The van der Waals surface area contributed by atoms with Gasteiger partial charge in [-0.15, -0.1) is 11.3 Å². The van der Waals surface area contributed by atoms with Crippen LogP contribution in [0.4, 0.5) is 16.6 Å². The zero-order chi connectivity index (χ0) is 24.9. The standard InChI is InChI=1S/C22H29N9O2S2/c1-14-8-20(34-22(14)35(32,33)28(2)3)26-19-9-18(30-7-5-6-16(30)10-23)27-21-17(12-25-31(19)21)15-11-24-29(4)13-15/h8-9,11-13,16,26H,5-7,10,23H2,1-4H3/t16-/m1/s1. The van der Waals surface area contributed by atoms with E-state index in [4.69, 9.17) is 10.7 Å². The van der Waals surface area contributed by atoms with Crippen LogP contribution < -0.4 is 16.0 Å². The Morgan fingerprint density at radius 3 is 2.74 bits per heavy atom. The number of nitrogens with one attached hydrogen (secondary N) is 1. The van der Waals surface area contributed by atoms with Crippen LogP contribution in [0.3, 0.4) is 0 Å². The first-order chi connectivity index (χ1) is 16.7. The van der Waals surface area contributed by atoms with E-state index in [1.54, 1.807) is 28.5 Å². The lowest BCUT2D eigenvalue weighted by Gasteiger charge is -2.25. The Balaban J connectivity index is 1.63. The SMILES string of the molecule is Cc1cc(Nc2cc(N3CCC[C@@H]3CN)nc3c(-c4cnn(C)c4)cnn23)sc1S(=O)(=O)N(C)C. The number of aryl methyl sites for hydroxylation is 2. The molecule has 1 saturated heterocycles. The van der Waals surface area contributed by atoms with Gasteiger partial charge >= 0.3 is 0 Å². The summed E-state index contributed by atoms with van der Waals surface area (Å²) >= 11 is 1.20. The highest BCUT2D eigenvalue weighted by Gasteiger charge is 2.27. The fourth-order valence-corrected chi connectivity index (χ4v) is 7.15. The maximum atomic E-state index is 12.7. The maximum Gasteiger partial charge on any atom is 0.252 e. The van der Waals surface area contributed by atoms with Crippen LogP contribution >= 0.6 is 11.3 Å². The summed E-state index contributed by atoms with van der Waals surface area (Å²) in [5.74, 6) is 1.51. The van der Waals surface area contributed by atoms with E-state index in [0.717, 1.165) is 36.3 Å². The molecule has 1 aliphatic rings. The van der Waals surface area contributed by atoms with Crippen molar-refractivity contribution in [3.8, 4) is 11.1 Å². The summed E-state index contributed by atoms with van der Waals surface area (Å²) in [6.45, 7) is 3.24. The van der Waals surface area contributed by atoms with E-state index in [9.17, 15) is 8.42 Å². The van der Waals surface area contributed by atoms with E-state index < -0.39 is 10.0 Å². The predicted octanol–water partition coefficient (Wildman–Crippen LogP) is 2.42. The quantitative estimate of drug-likeness (QED) is 0.384. The third kappa shape index (κ3) is 4.18. The molecule has 35 heavy (non-hydrogen) atoms. The molecule has 11 nitrogen and oxygen atoms in total. The second-order valence-corrected chi connectivity index (χ2v) is 12.3. The van der Waals surface area contributed by atoms with Crippen LogP contribution in [0.5, 0.6) is 0 Å². The number of rotatable bonds is 7. The van der Waals surface area contributed by atoms with Gasteiger partial charge in [-0.2, -0.15) is 14.7 Å². The zero-order valence-corrected chi connectivity index (χ0v) is 21.8. The van der Waals surface area contributed by atoms with Crippen LogP contribution in [0.25, 0.3) is 16.8 Å². The van der Waals surface area contributed by atoms with Crippen molar-refractivity contribution in [2.45, 2.75) is 30.0 Å². The molecule has 0 bridgehead atoms. The first-order valence-electron chi connectivity index (χ1n) is 11.3. The van der Waals surface area contributed by atoms with Crippen molar-refractivity contribution >= 4 is 43.6 Å². The maximum absolute atomic E-state index is 12.7. The van der Waals surface area contributed by atoms with E-state index in [2.05, 4.69) is 20.4 Å². The minimum Gasteiger partial charge on any atom is -0.352 e. The van der Waals surface area contributed by atoms with Gasteiger partial charge in [-0.25, -0.2) is 17.7 Å². The Bertz CT molecular complexity index is 1490. The van der Waals surface area contributed by atoms with Gasteiger partial charge in [-0.3, -0.25) is 4.68 Å². The van der Waals surface area contributed by atoms with Crippen LogP contribution in [-0.4, -0.2) is 70.3 Å². The number of thiophene rings is 1. The molecule has 1 atom stereocenters. The summed E-state index contributed by atoms with van der Waals surface area (Å²) in [6, 6.07) is 4.02. The number of aromatic nitrogens is 5. The lowest BCUT2D eigenvalue weighted by Crippen LogP contribution is -2.36. The van der Waals surface area contributed by atoms with Gasteiger partial charge in [0.15, 0.2) is 5.65 Å². The van der Waals surface area contributed by atoms with Gasteiger partial charge in [0.25, 0.3) is 10.0 Å². The summed E-state index contributed by atoms with van der Waals surface area (Å²) in [6.07, 6.45) is 7.58. The molecular formula is C22H29N9O2S2. The third-order valence-corrected chi connectivity index (χ3v) is 9.84. The molecule has 5 heterocycles. The molecule has 4 aromatic heterocycles. The minimum atomic E-state index is -3.54. The van der Waals surface area contributed by atoms with E-state index in [-0.39, 0.29) is 6.04 Å². The predicted molar refractivity (Wildman–Crippen MR) is 138 cm³/mol. The number of anilines is 3. The van der Waals surface area contributed by atoms with E-state index in [1.807, 2.05) is 25.4 Å². The van der Waals surface area contributed by atoms with Crippen molar-refractivity contribution in [2.24, 2.45) is 12.8 Å². The van der Waals surface area contributed by atoms with Gasteiger partial charge < -0.3 is 16.0 Å². The molecule has 5 rings (SSSR count). The highest BCUT2D eigenvalue weighted by atomic mass is 32.2. The van der Waals surface area contributed by atoms with Gasteiger partial charge in [0.1, 0.15) is 15.8 Å². The first kappa shape index (κ1) is 23.7. The summed E-state index contributed by atoms with van der Waals surface area (Å²) in [4.78, 5) is 7.23. The highest BCUT2D eigenvalue weighted by molar-refractivity contribution is 7.91. The molecule has 0 saturated carbocycles. The van der Waals surface area contributed by atoms with Crippen molar-refractivity contribution in [2.75, 3.05) is 37.4 Å². The molecule has 0 radical (unpaired) electrons. The normalized spacial score (nSPS) is 16.6. The van der Waals surface area contributed by atoms with Crippen LogP contribution in [0.15, 0.2) is 34.9 Å². The lowest BCUT2D eigenvalue weighted by molar-refractivity contribution is 0.522. The van der Waals surface area contributed by atoms with E-state index >= 15 is 0 Å². The number of sulfonamides is 1. The number of hydrogen-bond acceptors (Lipinski definition) is 9. The molecule has 0 aliphatic carbocycles. The molecule has 0 unspecified atom stereocenters. The van der Waals surface area contributed by atoms with Crippen molar-refractivity contribution in [3.05, 3.63) is 36.3 Å². The molecule has 1 aliphatic heterocycles. The Labute approximate surface area is 208 Å². The number of hydrogen-bond donors (Lipinski definition) is 2. The molecule has 0 spiro atoms. The summed E-state index contributed by atoms with van der Waals surface area (Å²) in [5.41, 5.74) is 9.22. The number of nitrogens with zero attached hydrogens (tertiary/aromatic N) is 7. The van der Waals surface area contributed by atoms with Crippen LogP contribution in [0.1, 0.15) is 18.4 Å². The number of nitrogens with two attached hydrogens (primary N) is 1. The molecular weight excluding hydrogens is 486 g/mol. The second kappa shape index (κ2) is 8.90. The van der Waals surface area contributed by atoms with Gasteiger partial charge in [-0.05, 0) is 31.4 Å². The minimum absolute atomic E-state index is 0.225. The Morgan fingerprint density at radius 1 is 1.26 bits per heavy atom. The number of fused-ring (bicyclic) bond motifs is 1. The average molecular weight is 516 g/mol. The lowest BCUT2D eigenvalue weighted by atomic mass is 10.2. The molecule has 13 heteroatoms. The average Bonchev–Trinajstić information content (AvgIpc) is 3.59. The zero-order valence-electron chi connectivity index (χ0n) is 20.1. The van der Waals surface area contributed by atoms with Gasteiger partial charge in [0.05, 0.1) is 17.4 Å². The van der Waals surface area contributed by atoms with E-state index in [1.165, 1.54) is 29.7 Å². The molecule has 0 aromatic carbocycles. The molecule has 4 aromatic rings. The molecule has 0 amide bonds. The first-order valence-corrected chi connectivity index (χ1v) is 13.6. The Kier molecular flexibility index (Phi) is 6.03. The van der Waals surface area contributed by atoms with Gasteiger partial charge in [-0.1, -0.05) is 0 Å². The van der Waals surface area contributed by atoms with Crippen molar-refractivity contribution in [3.63, 3.8) is 0 Å². The topological polar surface area (TPSA) is 127 Å². The van der Waals surface area contributed by atoms with Crippen molar-refractivity contribution in [1.29, 1.82) is 0 Å². The third-order valence-electron chi connectivity index (χ3n) is 6.26. The Hall–Kier alpha value is -3.00. The van der Waals surface area contributed by atoms with E-state index in [0.29, 0.717) is 32.8 Å². The monoisotopic (exact) mass is 515 g/mol. The molecule has 186 valence electrons. The summed E-state index contributed by atoms with van der Waals surface area (Å²) in [7, 11) is 1.40. The molecule has 3 N–H and O–H groups in total. The van der Waals surface area contributed by atoms with Gasteiger partial charge in [0, 0.05) is 63.7 Å². The smallest absolute Gasteiger partial charge is 0.252 e. The Morgan fingerprint density at radius 2 is 2.06 bits per heavy atom.